The number of nitrogens with one attached hydrogen (secondary N) is 2. The van der Waals surface area contributed by atoms with E-state index in [4.69, 9.17) is 0 Å². The summed E-state index contributed by atoms with van der Waals surface area (Å²) in [5.41, 5.74) is 0. The van der Waals surface area contributed by atoms with Gasteiger partial charge in [0.15, 0.2) is 0 Å². The Morgan fingerprint density at radius 1 is 1.25 bits per heavy atom. The van der Waals surface area contributed by atoms with E-state index < -0.39 is 10.0 Å². The lowest BCUT2D eigenvalue weighted by atomic mass is 10.2. The second-order valence-electron chi connectivity index (χ2n) is 5.52. The maximum atomic E-state index is 11.9. The summed E-state index contributed by atoms with van der Waals surface area (Å²) in [5.74, 6) is 0.181. The summed E-state index contributed by atoms with van der Waals surface area (Å²) in [6.45, 7) is 8.82. The molecule has 116 valence electrons. The maximum Gasteiger partial charge on any atom is 0.211 e. The van der Waals surface area contributed by atoms with Crippen molar-refractivity contribution in [2.75, 3.05) is 12.3 Å². The van der Waals surface area contributed by atoms with Gasteiger partial charge in [-0.15, -0.1) is 11.3 Å². The van der Waals surface area contributed by atoms with E-state index in [-0.39, 0.29) is 11.8 Å². The fraction of sp³-hybridized carbons (Fsp3) is 0.714. The molecule has 0 aliphatic carbocycles. The van der Waals surface area contributed by atoms with Crippen LogP contribution in [0, 0.1) is 6.92 Å². The molecule has 1 aromatic heterocycles. The van der Waals surface area contributed by atoms with Crippen LogP contribution < -0.4 is 10.0 Å². The van der Waals surface area contributed by atoms with Crippen LogP contribution in [-0.2, 0) is 16.4 Å². The van der Waals surface area contributed by atoms with Crippen molar-refractivity contribution in [3.8, 4) is 0 Å². The zero-order valence-electron chi connectivity index (χ0n) is 12.8. The number of thiophene rings is 1. The van der Waals surface area contributed by atoms with E-state index in [9.17, 15) is 8.42 Å². The summed E-state index contributed by atoms with van der Waals surface area (Å²) < 4.78 is 26.6. The van der Waals surface area contributed by atoms with Crippen molar-refractivity contribution in [2.24, 2.45) is 0 Å². The summed E-state index contributed by atoms with van der Waals surface area (Å²) in [7, 11) is -3.18. The molecule has 0 saturated carbocycles. The summed E-state index contributed by atoms with van der Waals surface area (Å²) in [6, 6.07) is 4.47. The molecule has 0 aromatic carbocycles. The normalized spacial score (nSPS) is 13.8. The van der Waals surface area contributed by atoms with Gasteiger partial charge in [0, 0.05) is 21.8 Å². The van der Waals surface area contributed by atoms with E-state index in [2.05, 4.69) is 42.9 Å². The van der Waals surface area contributed by atoms with Crippen molar-refractivity contribution < 1.29 is 8.42 Å². The van der Waals surface area contributed by atoms with Crippen LogP contribution in [-0.4, -0.2) is 32.8 Å². The van der Waals surface area contributed by atoms with Crippen LogP contribution in [0.1, 0.15) is 36.9 Å². The van der Waals surface area contributed by atoms with E-state index in [1.165, 1.54) is 9.75 Å². The molecule has 1 atom stereocenters. The SMILES string of the molecule is Cc1ccc(CC(C)NS(=O)(=O)CCCNC(C)C)s1. The molecule has 1 aromatic rings. The van der Waals surface area contributed by atoms with Gasteiger partial charge in [-0.2, -0.15) is 0 Å². The predicted molar refractivity (Wildman–Crippen MR) is 86.9 cm³/mol. The molecule has 1 unspecified atom stereocenters. The van der Waals surface area contributed by atoms with E-state index in [1.54, 1.807) is 11.3 Å². The summed E-state index contributed by atoms with van der Waals surface area (Å²) in [6.07, 6.45) is 1.39. The van der Waals surface area contributed by atoms with Gasteiger partial charge < -0.3 is 5.32 Å². The fourth-order valence-corrected chi connectivity index (χ4v) is 4.31. The van der Waals surface area contributed by atoms with Crippen LogP contribution >= 0.6 is 11.3 Å². The smallest absolute Gasteiger partial charge is 0.211 e. The number of aryl methyl sites for hydroxylation is 1. The van der Waals surface area contributed by atoms with Crippen LogP contribution in [0.5, 0.6) is 0 Å². The Morgan fingerprint density at radius 3 is 2.50 bits per heavy atom. The highest BCUT2D eigenvalue weighted by atomic mass is 32.2. The van der Waals surface area contributed by atoms with Crippen LogP contribution in [0.15, 0.2) is 12.1 Å². The topological polar surface area (TPSA) is 58.2 Å². The number of rotatable bonds is 9. The standard InChI is InChI=1S/C14H26N2O2S2/c1-11(2)15-8-5-9-20(17,18)16-12(3)10-14-7-6-13(4)19-14/h6-7,11-12,15-16H,5,8-10H2,1-4H3. The van der Waals surface area contributed by atoms with E-state index in [0.29, 0.717) is 12.5 Å². The Balaban J connectivity index is 2.33. The van der Waals surface area contributed by atoms with Crippen LogP contribution in [0.25, 0.3) is 0 Å². The largest absolute Gasteiger partial charge is 0.314 e. The molecule has 0 saturated heterocycles. The predicted octanol–water partition coefficient (Wildman–Crippen LogP) is 2.30. The molecule has 0 fully saturated rings. The van der Waals surface area contributed by atoms with Gasteiger partial charge in [-0.1, -0.05) is 13.8 Å². The minimum atomic E-state index is -3.18. The van der Waals surface area contributed by atoms with Crippen molar-refractivity contribution in [2.45, 2.75) is 52.6 Å². The number of hydrogen-bond acceptors (Lipinski definition) is 4. The van der Waals surface area contributed by atoms with Gasteiger partial charge in [0.2, 0.25) is 10.0 Å². The Hall–Kier alpha value is -0.430. The van der Waals surface area contributed by atoms with Gasteiger partial charge in [0.25, 0.3) is 0 Å². The van der Waals surface area contributed by atoms with Gasteiger partial charge >= 0.3 is 0 Å². The minimum absolute atomic E-state index is 0.0592. The highest BCUT2D eigenvalue weighted by Crippen LogP contribution is 2.16. The third kappa shape index (κ3) is 7.38. The molecule has 1 rings (SSSR count). The van der Waals surface area contributed by atoms with E-state index >= 15 is 0 Å². The first-order valence-electron chi connectivity index (χ1n) is 7.07. The average Bonchev–Trinajstić information content (AvgIpc) is 2.69. The van der Waals surface area contributed by atoms with Gasteiger partial charge in [0.1, 0.15) is 0 Å². The molecule has 0 aliphatic rings. The van der Waals surface area contributed by atoms with E-state index in [1.807, 2.05) is 6.92 Å². The molecule has 0 radical (unpaired) electrons. The van der Waals surface area contributed by atoms with Crippen molar-refractivity contribution in [1.29, 1.82) is 0 Å². The lowest BCUT2D eigenvalue weighted by Gasteiger charge is -2.14. The average molecular weight is 319 g/mol. The lowest BCUT2D eigenvalue weighted by Crippen LogP contribution is -2.36. The zero-order chi connectivity index (χ0) is 15.2. The highest BCUT2D eigenvalue weighted by Gasteiger charge is 2.15. The Kier molecular flexibility index (Phi) is 7.15. The first-order valence-corrected chi connectivity index (χ1v) is 9.54. The van der Waals surface area contributed by atoms with Crippen molar-refractivity contribution >= 4 is 21.4 Å². The van der Waals surface area contributed by atoms with Gasteiger partial charge in [0.05, 0.1) is 5.75 Å². The van der Waals surface area contributed by atoms with E-state index in [0.717, 1.165) is 13.0 Å². The summed E-state index contributed by atoms with van der Waals surface area (Å²) in [4.78, 5) is 2.48. The molecule has 1 heterocycles. The molecule has 0 bridgehead atoms. The summed E-state index contributed by atoms with van der Waals surface area (Å²) in [5, 5.41) is 3.22. The van der Waals surface area contributed by atoms with Crippen LogP contribution in [0.4, 0.5) is 0 Å². The van der Waals surface area contributed by atoms with Crippen LogP contribution in [0.3, 0.4) is 0 Å². The molecular formula is C14H26N2O2S2. The first kappa shape index (κ1) is 17.6. The molecule has 6 heteroatoms. The van der Waals surface area contributed by atoms with Crippen molar-refractivity contribution in [1.82, 2.24) is 10.0 Å². The lowest BCUT2D eigenvalue weighted by molar-refractivity contribution is 0.547. The Bertz CT molecular complexity index is 495. The Labute approximate surface area is 127 Å². The molecular weight excluding hydrogens is 292 g/mol. The van der Waals surface area contributed by atoms with Gasteiger partial charge in [-0.05, 0) is 45.4 Å². The zero-order valence-corrected chi connectivity index (χ0v) is 14.4. The third-order valence-electron chi connectivity index (χ3n) is 2.83. The first-order chi connectivity index (χ1) is 9.28. The monoisotopic (exact) mass is 318 g/mol. The summed E-state index contributed by atoms with van der Waals surface area (Å²) >= 11 is 1.72. The second-order valence-corrected chi connectivity index (χ2v) is 8.76. The molecule has 20 heavy (non-hydrogen) atoms. The molecule has 4 nitrogen and oxygen atoms in total. The minimum Gasteiger partial charge on any atom is -0.314 e. The molecule has 0 spiro atoms. The molecule has 0 amide bonds. The van der Waals surface area contributed by atoms with Gasteiger partial charge in [-0.25, -0.2) is 13.1 Å². The quantitative estimate of drug-likeness (QED) is 0.687. The number of hydrogen-bond donors (Lipinski definition) is 2. The van der Waals surface area contributed by atoms with Crippen LogP contribution in [0.2, 0.25) is 0 Å². The maximum absolute atomic E-state index is 11.9. The van der Waals surface area contributed by atoms with Crippen molar-refractivity contribution in [3.63, 3.8) is 0 Å². The fourth-order valence-electron chi connectivity index (χ4n) is 1.96. The highest BCUT2D eigenvalue weighted by molar-refractivity contribution is 7.89. The van der Waals surface area contributed by atoms with Gasteiger partial charge in [-0.3, -0.25) is 0 Å². The third-order valence-corrected chi connectivity index (χ3v) is 5.44. The Morgan fingerprint density at radius 2 is 1.95 bits per heavy atom. The number of sulfonamides is 1. The van der Waals surface area contributed by atoms with Crippen molar-refractivity contribution in [3.05, 3.63) is 21.9 Å². The molecule has 2 N–H and O–H groups in total. The molecule has 0 aliphatic heterocycles. The second kappa shape index (κ2) is 8.12.